The van der Waals surface area contributed by atoms with E-state index in [0.717, 1.165) is 114 Å². The van der Waals surface area contributed by atoms with Crippen LogP contribution in [0.2, 0.25) is 0 Å². The molecule has 1 atom stereocenters. The minimum absolute atomic E-state index is 0.0279. The fourth-order valence-corrected chi connectivity index (χ4v) is 10.1. The van der Waals surface area contributed by atoms with Gasteiger partial charge in [0.2, 0.25) is 11.8 Å². The van der Waals surface area contributed by atoms with Gasteiger partial charge in [-0.2, -0.15) is 5.26 Å². The van der Waals surface area contributed by atoms with E-state index in [1.807, 2.05) is 12.1 Å². The second-order valence-corrected chi connectivity index (χ2v) is 17.6. The molecule has 0 radical (unpaired) electrons. The predicted octanol–water partition coefficient (Wildman–Crippen LogP) is 3.70. The zero-order valence-electron chi connectivity index (χ0n) is 34.4. The summed E-state index contributed by atoms with van der Waals surface area (Å²) >= 11 is 0. The van der Waals surface area contributed by atoms with E-state index in [-0.39, 0.29) is 42.2 Å². The number of rotatable bonds is 10. The zero-order valence-corrected chi connectivity index (χ0v) is 34.4. The molecule has 16 heteroatoms. The number of amides is 5. The van der Waals surface area contributed by atoms with E-state index in [2.05, 4.69) is 41.6 Å². The highest BCUT2D eigenvalue weighted by molar-refractivity contribution is 6.23. The standard InChI is InChI=1S/C45H51N9O7/c1-60-38-23-33(6-2-29(38)24-46)61-32-7-3-30(4-8-32)47-41(56)36-10-12-39(50-49-36)52-18-14-28(15-19-52)25-51-20-16-45(17-21-51)26-53(27-45)31-5-9-34-35(22-31)44(59)54(43(34)58)37-11-13-40(55)48-42(37)57/h2,5-6,9-10,12,22-23,28,30,32,37H,3-4,7-8,11,13-21,25-27H2,1H3,(H,47,56)(H,48,55,57)/t30-,32-,37?. The maximum atomic E-state index is 13.3. The topological polar surface area (TPSA) is 190 Å². The lowest BCUT2D eigenvalue weighted by molar-refractivity contribution is -0.136. The number of carbonyl (C=O) groups excluding carboxylic acids is 5. The number of ether oxygens (including phenoxy) is 2. The molecular weight excluding hydrogens is 779 g/mol. The molecule has 2 aromatic carbocycles. The van der Waals surface area contributed by atoms with Crippen LogP contribution in [0.15, 0.2) is 48.5 Å². The first kappa shape index (κ1) is 40.3. The van der Waals surface area contributed by atoms with Crippen molar-refractivity contribution in [3.8, 4) is 17.6 Å². The van der Waals surface area contributed by atoms with Crippen molar-refractivity contribution in [1.82, 2.24) is 30.6 Å². The molecule has 1 aliphatic carbocycles. The number of hydrogen-bond acceptors (Lipinski definition) is 13. The third kappa shape index (κ3) is 8.23. The highest BCUT2D eigenvalue weighted by atomic mass is 16.5. The number of aromatic nitrogens is 2. The molecule has 0 bridgehead atoms. The minimum Gasteiger partial charge on any atom is -0.495 e. The van der Waals surface area contributed by atoms with Crippen molar-refractivity contribution in [3.63, 3.8) is 0 Å². The quantitative estimate of drug-likeness (QED) is 0.282. The molecule has 6 heterocycles. The van der Waals surface area contributed by atoms with Gasteiger partial charge in [-0.3, -0.25) is 34.2 Å². The Morgan fingerprint density at radius 3 is 2.31 bits per heavy atom. The van der Waals surface area contributed by atoms with Gasteiger partial charge >= 0.3 is 0 Å². The molecule has 1 saturated carbocycles. The van der Waals surface area contributed by atoms with E-state index >= 15 is 0 Å². The van der Waals surface area contributed by atoms with Crippen LogP contribution in [0.4, 0.5) is 11.5 Å². The molecule has 5 fully saturated rings. The molecule has 9 rings (SSSR count). The molecule has 4 saturated heterocycles. The van der Waals surface area contributed by atoms with Crippen LogP contribution in [0.5, 0.6) is 11.5 Å². The number of nitrogens with zero attached hydrogens (tertiary/aromatic N) is 7. The van der Waals surface area contributed by atoms with Gasteiger partial charge in [0.1, 0.15) is 23.6 Å². The van der Waals surface area contributed by atoms with Crippen LogP contribution in [0, 0.1) is 22.7 Å². The Labute approximate surface area is 354 Å². The predicted molar refractivity (Wildman–Crippen MR) is 222 cm³/mol. The molecule has 5 aliphatic heterocycles. The molecule has 2 N–H and O–H groups in total. The minimum atomic E-state index is -0.966. The Morgan fingerprint density at radius 1 is 0.869 bits per heavy atom. The van der Waals surface area contributed by atoms with Crippen LogP contribution >= 0.6 is 0 Å². The number of imide groups is 2. The van der Waals surface area contributed by atoms with Crippen molar-refractivity contribution >= 4 is 41.0 Å². The molecule has 318 valence electrons. The highest BCUT2D eigenvalue weighted by Gasteiger charge is 2.47. The summed E-state index contributed by atoms with van der Waals surface area (Å²) in [7, 11) is 1.54. The van der Waals surface area contributed by atoms with Gasteiger partial charge < -0.3 is 29.5 Å². The lowest BCUT2D eigenvalue weighted by atomic mass is 9.71. The SMILES string of the molecule is COc1cc(O[C@H]2CC[C@H](NC(=O)c3ccc(N4CCC(CN5CCC6(CC5)CN(c5ccc7c(c5)C(=O)N(C5CCC(=O)NC5=O)C7=O)C6)CC4)nn3)CC2)ccc1C#N. The van der Waals surface area contributed by atoms with Gasteiger partial charge in [0, 0.05) is 62.4 Å². The number of carbonyl (C=O) groups is 5. The molecular formula is C45H51N9O7. The van der Waals surface area contributed by atoms with Crippen molar-refractivity contribution in [2.75, 3.05) is 62.7 Å². The highest BCUT2D eigenvalue weighted by Crippen LogP contribution is 2.44. The molecule has 6 aliphatic rings. The Balaban J connectivity index is 0.682. The van der Waals surface area contributed by atoms with Crippen LogP contribution in [0.1, 0.15) is 101 Å². The lowest BCUT2D eigenvalue weighted by Crippen LogP contribution is -2.60. The number of benzene rings is 2. The molecule has 16 nitrogen and oxygen atoms in total. The van der Waals surface area contributed by atoms with Crippen LogP contribution in [0.25, 0.3) is 0 Å². The van der Waals surface area contributed by atoms with Crippen molar-refractivity contribution in [2.24, 2.45) is 11.3 Å². The maximum absolute atomic E-state index is 13.3. The van der Waals surface area contributed by atoms with Crippen molar-refractivity contribution in [2.45, 2.75) is 82.4 Å². The normalized spacial score (nSPS) is 24.2. The Morgan fingerprint density at radius 2 is 1.62 bits per heavy atom. The fourth-order valence-electron chi connectivity index (χ4n) is 10.1. The summed E-state index contributed by atoms with van der Waals surface area (Å²) in [5, 5.41) is 23.4. The molecule has 1 unspecified atom stereocenters. The monoisotopic (exact) mass is 829 g/mol. The number of fused-ring (bicyclic) bond motifs is 1. The number of anilines is 2. The van der Waals surface area contributed by atoms with Crippen molar-refractivity contribution < 1.29 is 33.4 Å². The summed E-state index contributed by atoms with van der Waals surface area (Å²) in [6.07, 6.45) is 7.85. The second kappa shape index (κ2) is 16.8. The van der Waals surface area contributed by atoms with Crippen LogP contribution in [0.3, 0.4) is 0 Å². The Kier molecular flexibility index (Phi) is 11.1. The number of nitrogens with one attached hydrogen (secondary N) is 2. The Hall–Kier alpha value is -6.08. The van der Waals surface area contributed by atoms with Gasteiger partial charge in [0.25, 0.3) is 17.7 Å². The van der Waals surface area contributed by atoms with Crippen molar-refractivity contribution in [3.05, 3.63) is 70.9 Å². The van der Waals surface area contributed by atoms with Gasteiger partial charge in [-0.05, 0) is 119 Å². The lowest BCUT2D eigenvalue weighted by Gasteiger charge is -2.55. The third-order valence-electron chi connectivity index (χ3n) is 13.7. The fraction of sp³-hybridized carbons (Fsp3) is 0.511. The first-order valence-corrected chi connectivity index (χ1v) is 21.6. The zero-order chi connectivity index (χ0) is 42.3. The van der Waals surface area contributed by atoms with Gasteiger partial charge in [0.15, 0.2) is 11.5 Å². The molecule has 61 heavy (non-hydrogen) atoms. The summed E-state index contributed by atoms with van der Waals surface area (Å²) in [4.78, 5) is 71.8. The van der Waals surface area contributed by atoms with E-state index in [0.29, 0.717) is 39.8 Å². The average Bonchev–Trinajstić information content (AvgIpc) is 3.51. The largest absolute Gasteiger partial charge is 0.495 e. The molecule has 3 aromatic rings. The summed E-state index contributed by atoms with van der Waals surface area (Å²) < 4.78 is 11.5. The van der Waals surface area contributed by atoms with E-state index in [4.69, 9.17) is 9.47 Å². The van der Waals surface area contributed by atoms with Gasteiger partial charge in [0.05, 0.1) is 29.9 Å². The average molecular weight is 830 g/mol. The smallest absolute Gasteiger partial charge is 0.272 e. The van der Waals surface area contributed by atoms with Crippen LogP contribution < -0.4 is 29.9 Å². The molecule has 5 amide bonds. The number of likely N-dealkylation sites (tertiary alicyclic amines) is 1. The van der Waals surface area contributed by atoms with Crippen molar-refractivity contribution in [1.29, 1.82) is 5.26 Å². The molecule has 1 spiro atoms. The van der Waals surface area contributed by atoms with E-state index < -0.39 is 23.8 Å². The summed E-state index contributed by atoms with van der Waals surface area (Å²) in [5.41, 5.74) is 2.57. The van der Waals surface area contributed by atoms with Crippen LogP contribution in [-0.4, -0.2) is 121 Å². The number of nitriles is 1. The first-order chi connectivity index (χ1) is 29.6. The van der Waals surface area contributed by atoms with Crippen LogP contribution in [-0.2, 0) is 9.59 Å². The second-order valence-electron chi connectivity index (χ2n) is 17.6. The van der Waals surface area contributed by atoms with Gasteiger partial charge in [-0.1, -0.05) is 0 Å². The number of hydrogen-bond donors (Lipinski definition) is 2. The number of piperidine rings is 3. The maximum Gasteiger partial charge on any atom is 0.272 e. The van der Waals surface area contributed by atoms with Gasteiger partial charge in [-0.15, -0.1) is 10.2 Å². The summed E-state index contributed by atoms with van der Waals surface area (Å²) in [5.74, 6) is 0.414. The molecule has 1 aromatic heterocycles. The number of methoxy groups -OCH3 is 1. The van der Waals surface area contributed by atoms with E-state index in [1.54, 1.807) is 36.4 Å². The summed E-state index contributed by atoms with van der Waals surface area (Å²) in [6.45, 7) is 6.83. The summed E-state index contributed by atoms with van der Waals surface area (Å²) in [6, 6.07) is 15.5. The van der Waals surface area contributed by atoms with E-state index in [9.17, 15) is 29.2 Å². The van der Waals surface area contributed by atoms with E-state index in [1.165, 1.54) is 7.11 Å². The Bertz CT molecular complexity index is 2250. The first-order valence-electron chi connectivity index (χ1n) is 21.6. The van der Waals surface area contributed by atoms with Gasteiger partial charge in [-0.25, -0.2) is 0 Å². The third-order valence-corrected chi connectivity index (χ3v) is 13.7.